The molecule has 4 rings (SSSR count). The minimum Gasteiger partial charge on any atom is -0.315 e. The van der Waals surface area contributed by atoms with Crippen molar-refractivity contribution in [2.75, 3.05) is 11.9 Å². The molecule has 0 aliphatic heterocycles. The molecule has 0 fully saturated rings. The van der Waals surface area contributed by atoms with Gasteiger partial charge in [-0.15, -0.1) is 5.10 Å². The summed E-state index contributed by atoms with van der Waals surface area (Å²) >= 11 is 1.21. The number of rotatable bonds is 6. The third kappa shape index (κ3) is 3.84. The predicted octanol–water partition coefficient (Wildman–Crippen LogP) is 2.60. The minimum atomic E-state index is -0.467. The van der Waals surface area contributed by atoms with Crippen molar-refractivity contribution in [3.05, 3.63) is 76.7 Å². The largest absolute Gasteiger partial charge is 0.315 e. The van der Waals surface area contributed by atoms with Gasteiger partial charge < -0.3 is 4.90 Å². The molecular formula is C22H23N7O2S. The van der Waals surface area contributed by atoms with Crippen LogP contribution in [-0.2, 0) is 11.8 Å². The van der Waals surface area contributed by atoms with Gasteiger partial charge in [-0.05, 0) is 48.5 Å². The molecule has 9 nitrogen and oxygen atoms in total. The Morgan fingerprint density at radius 1 is 1.06 bits per heavy atom. The first-order valence-electron chi connectivity index (χ1n) is 10.0. The number of aromatic nitrogens is 6. The van der Waals surface area contributed by atoms with Crippen LogP contribution in [0.1, 0.15) is 12.6 Å². The topological polar surface area (TPSA) is 90.8 Å². The third-order valence-corrected chi connectivity index (χ3v) is 6.30. The molecule has 2 aromatic carbocycles. The second kappa shape index (κ2) is 8.83. The van der Waals surface area contributed by atoms with Crippen LogP contribution in [0.15, 0.2) is 70.6 Å². The fourth-order valence-electron chi connectivity index (χ4n) is 3.45. The van der Waals surface area contributed by atoms with Crippen molar-refractivity contribution < 1.29 is 4.79 Å². The molecule has 0 spiro atoms. The van der Waals surface area contributed by atoms with Gasteiger partial charge in [0.05, 0.1) is 16.6 Å². The highest BCUT2D eigenvalue weighted by Crippen LogP contribution is 2.26. The standard InChI is InChI=1S/C22H23N7O2S/c1-15-19(21(31)29(27(15)4)18-13-9-6-10-14-18)28-22(23-24-25-28)32-16(2)20(30)26(3)17-11-7-5-8-12-17/h5-14,16H,1-4H3. The van der Waals surface area contributed by atoms with E-state index in [9.17, 15) is 9.59 Å². The first-order valence-corrected chi connectivity index (χ1v) is 10.9. The Labute approximate surface area is 189 Å². The zero-order chi connectivity index (χ0) is 22.8. The summed E-state index contributed by atoms with van der Waals surface area (Å²) in [5.74, 6) is -0.0952. The number of amides is 1. The summed E-state index contributed by atoms with van der Waals surface area (Å²) in [5, 5.41) is 11.8. The van der Waals surface area contributed by atoms with Crippen LogP contribution in [-0.4, -0.2) is 47.8 Å². The van der Waals surface area contributed by atoms with E-state index in [4.69, 9.17) is 0 Å². The van der Waals surface area contributed by atoms with E-state index in [0.29, 0.717) is 16.5 Å². The molecule has 1 amide bonds. The van der Waals surface area contributed by atoms with Gasteiger partial charge in [-0.1, -0.05) is 48.2 Å². The van der Waals surface area contributed by atoms with Gasteiger partial charge in [0.25, 0.3) is 5.56 Å². The summed E-state index contributed by atoms with van der Waals surface area (Å²) in [7, 11) is 3.54. The van der Waals surface area contributed by atoms with E-state index in [1.807, 2.05) is 74.6 Å². The van der Waals surface area contributed by atoms with Crippen molar-refractivity contribution in [3.63, 3.8) is 0 Å². The number of tetrazole rings is 1. The normalized spacial score (nSPS) is 12.0. The maximum absolute atomic E-state index is 13.3. The molecule has 1 unspecified atom stereocenters. The molecule has 0 saturated carbocycles. The SMILES string of the molecule is Cc1c(-n2nnnc2SC(C)C(=O)N(C)c2ccccc2)c(=O)n(-c2ccccc2)n1C. The Hall–Kier alpha value is -3.66. The van der Waals surface area contributed by atoms with Gasteiger partial charge in [0.2, 0.25) is 11.1 Å². The van der Waals surface area contributed by atoms with E-state index in [1.54, 1.807) is 28.2 Å². The molecule has 0 bridgehead atoms. The number of anilines is 1. The lowest BCUT2D eigenvalue weighted by Crippen LogP contribution is -2.33. The Morgan fingerprint density at radius 3 is 2.34 bits per heavy atom. The minimum absolute atomic E-state index is 0.0952. The number of thioether (sulfide) groups is 1. The molecule has 10 heteroatoms. The molecule has 164 valence electrons. The van der Waals surface area contributed by atoms with Crippen LogP contribution in [0.3, 0.4) is 0 Å². The van der Waals surface area contributed by atoms with Crippen LogP contribution in [0.25, 0.3) is 11.4 Å². The summed E-state index contributed by atoms with van der Waals surface area (Å²) in [5.41, 5.74) is 2.35. The molecule has 2 heterocycles. The lowest BCUT2D eigenvalue weighted by molar-refractivity contribution is -0.117. The van der Waals surface area contributed by atoms with Crippen LogP contribution < -0.4 is 10.5 Å². The summed E-state index contributed by atoms with van der Waals surface area (Å²) in [4.78, 5) is 27.9. The lowest BCUT2D eigenvalue weighted by Gasteiger charge is -2.20. The van der Waals surface area contributed by atoms with Crippen molar-refractivity contribution in [1.82, 2.24) is 29.6 Å². The van der Waals surface area contributed by atoms with Crippen LogP contribution in [0.2, 0.25) is 0 Å². The molecular weight excluding hydrogens is 426 g/mol. The zero-order valence-electron chi connectivity index (χ0n) is 18.2. The lowest BCUT2D eigenvalue weighted by atomic mass is 10.3. The number of nitrogens with zero attached hydrogens (tertiary/aromatic N) is 7. The predicted molar refractivity (Wildman–Crippen MR) is 124 cm³/mol. The summed E-state index contributed by atoms with van der Waals surface area (Å²) < 4.78 is 4.74. The number of hydrogen-bond donors (Lipinski definition) is 0. The van der Waals surface area contributed by atoms with Gasteiger partial charge >= 0.3 is 0 Å². The number of carbonyl (C=O) groups is 1. The van der Waals surface area contributed by atoms with E-state index < -0.39 is 5.25 Å². The van der Waals surface area contributed by atoms with Crippen molar-refractivity contribution in [1.29, 1.82) is 0 Å². The monoisotopic (exact) mass is 449 g/mol. The van der Waals surface area contributed by atoms with Crippen molar-refractivity contribution in [2.45, 2.75) is 24.3 Å². The van der Waals surface area contributed by atoms with Gasteiger partial charge in [0.15, 0.2) is 5.69 Å². The van der Waals surface area contributed by atoms with Gasteiger partial charge in [0.1, 0.15) is 0 Å². The smallest absolute Gasteiger partial charge is 0.297 e. The fourth-order valence-corrected chi connectivity index (χ4v) is 4.34. The third-order valence-electron chi connectivity index (χ3n) is 5.28. The highest BCUT2D eigenvalue weighted by molar-refractivity contribution is 8.00. The molecule has 32 heavy (non-hydrogen) atoms. The molecule has 2 aromatic heterocycles. The fraction of sp³-hybridized carbons (Fsp3) is 0.227. The van der Waals surface area contributed by atoms with Crippen LogP contribution >= 0.6 is 11.8 Å². The maximum atomic E-state index is 13.3. The van der Waals surface area contributed by atoms with Crippen LogP contribution in [0.5, 0.6) is 0 Å². The Morgan fingerprint density at radius 2 is 1.69 bits per heavy atom. The van der Waals surface area contributed by atoms with Crippen LogP contribution in [0.4, 0.5) is 5.69 Å². The summed E-state index contributed by atoms with van der Waals surface area (Å²) in [6.45, 7) is 3.63. The van der Waals surface area contributed by atoms with E-state index in [0.717, 1.165) is 11.4 Å². The average Bonchev–Trinajstić information content (AvgIpc) is 3.35. The van der Waals surface area contributed by atoms with E-state index >= 15 is 0 Å². The molecule has 0 aliphatic rings. The number of benzene rings is 2. The van der Waals surface area contributed by atoms with Crippen molar-refractivity contribution >= 4 is 23.4 Å². The van der Waals surface area contributed by atoms with Gasteiger partial charge in [-0.25, -0.2) is 4.68 Å². The van der Waals surface area contributed by atoms with E-state index in [-0.39, 0.29) is 11.5 Å². The first-order chi connectivity index (χ1) is 15.4. The highest BCUT2D eigenvalue weighted by atomic mass is 32.2. The van der Waals surface area contributed by atoms with Gasteiger partial charge in [0, 0.05) is 19.8 Å². The molecule has 1 atom stereocenters. The average molecular weight is 450 g/mol. The highest BCUT2D eigenvalue weighted by Gasteiger charge is 2.26. The Bertz CT molecular complexity index is 1300. The number of carbonyl (C=O) groups excluding carboxylic acids is 1. The number of para-hydroxylation sites is 2. The molecule has 0 N–H and O–H groups in total. The summed E-state index contributed by atoms with van der Waals surface area (Å²) in [6, 6.07) is 18.8. The summed E-state index contributed by atoms with van der Waals surface area (Å²) in [6.07, 6.45) is 0. The van der Waals surface area contributed by atoms with Crippen LogP contribution in [0, 0.1) is 6.92 Å². The second-order valence-electron chi connectivity index (χ2n) is 7.28. The zero-order valence-corrected chi connectivity index (χ0v) is 19.0. The molecule has 0 saturated heterocycles. The quantitative estimate of drug-likeness (QED) is 0.420. The Kier molecular flexibility index (Phi) is 5.95. The van der Waals surface area contributed by atoms with Gasteiger partial charge in [-0.2, -0.15) is 4.68 Å². The Balaban J connectivity index is 1.65. The van der Waals surface area contributed by atoms with Gasteiger partial charge in [-0.3, -0.25) is 14.3 Å². The van der Waals surface area contributed by atoms with E-state index in [1.165, 1.54) is 16.4 Å². The number of hydrogen-bond acceptors (Lipinski definition) is 6. The maximum Gasteiger partial charge on any atom is 0.297 e. The van der Waals surface area contributed by atoms with Crippen molar-refractivity contribution in [2.24, 2.45) is 7.05 Å². The second-order valence-corrected chi connectivity index (χ2v) is 8.58. The molecule has 0 aliphatic carbocycles. The van der Waals surface area contributed by atoms with Crippen molar-refractivity contribution in [3.8, 4) is 11.4 Å². The first kappa shape index (κ1) is 21.6. The van der Waals surface area contributed by atoms with E-state index in [2.05, 4.69) is 15.5 Å². The molecule has 4 aromatic rings. The molecule has 0 radical (unpaired) electrons.